The molecule has 0 fully saturated rings. The Hall–Kier alpha value is -1.59. The highest BCUT2D eigenvalue weighted by molar-refractivity contribution is 5.74. The van der Waals surface area contributed by atoms with Gasteiger partial charge in [-0.05, 0) is 19.3 Å². The molecule has 0 saturated heterocycles. The lowest BCUT2D eigenvalue weighted by molar-refractivity contribution is -0.331. The molecule has 6 heteroatoms. The van der Waals surface area contributed by atoms with Gasteiger partial charge in [0, 0.05) is 19.3 Å². The van der Waals surface area contributed by atoms with Crippen LogP contribution < -0.4 is 0 Å². The van der Waals surface area contributed by atoms with E-state index in [0.717, 1.165) is 57.8 Å². The number of esters is 3. The summed E-state index contributed by atoms with van der Waals surface area (Å²) < 4.78 is 17.5. The van der Waals surface area contributed by atoms with Gasteiger partial charge < -0.3 is 14.2 Å². The molecule has 446 valence electrons. The zero-order valence-electron chi connectivity index (χ0n) is 51.6. The summed E-state index contributed by atoms with van der Waals surface area (Å²) in [5.74, 6) is -3.37. The maximum atomic E-state index is 13.2. The second-order valence-corrected chi connectivity index (χ2v) is 23.8. The summed E-state index contributed by atoms with van der Waals surface area (Å²) in [6.45, 7) is 8.63. The van der Waals surface area contributed by atoms with E-state index in [2.05, 4.69) is 20.8 Å². The van der Waals surface area contributed by atoms with E-state index < -0.39 is 23.9 Å². The highest BCUT2D eigenvalue weighted by atomic mass is 16.9. The molecule has 0 heterocycles. The largest absolute Gasteiger partial charge is 0.423 e. The van der Waals surface area contributed by atoms with Crippen LogP contribution in [0.3, 0.4) is 0 Å². The zero-order valence-corrected chi connectivity index (χ0v) is 51.6. The number of carbonyl (C=O) groups excluding carboxylic acids is 3. The van der Waals surface area contributed by atoms with E-state index in [-0.39, 0.29) is 25.7 Å². The Kier molecular flexibility index (Phi) is 60.3. The summed E-state index contributed by atoms with van der Waals surface area (Å²) in [4.78, 5) is 39.7. The van der Waals surface area contributed by atoms with Crippen molar-refractivity contribution < 1.29 is 28.6 Å². The quantitative estimate of drug-likeness (QED) is 0.0343. The third-order valence-electron chi connectivity index (χ3n) is 16.2. The molecule has 0 spiro atoms. The SMILES string of the molecule is CCCCCCCCCCCCCCCCCCCCCC(=O)OC(CC)(OC(=O)CCCCCCCCCCCCCCCCCCCCC)OC(=O)CCCCCCCCCCCCCCCCCCCCC. The molecule has 0 aromatic heterocycles. The Labute approximate surface area is 469 Å². The van der Waals surface area contributed by atoms with Gasteiger partial charge in [0.2, 0.25) is 0 Å². The molecule has 0 saturated carbocycles. The number of carbonyl (C=O) groups is 3. The van der Waals surface area contributed by atoms with E-state index in [0.29, 0.717) is 0 Å². The molecule has 0 aromatic carbocycles. The van der Waals surface area contributed by atoms with Gasteiger partial charge in [-0.3, -0.25) is 14.4 Å². The van der Waals surface area contributed by atoms with E-state index >= 15 is 0 Å². The zero-order chi connectivity index (χ0) is 54.5. The third kappa shape index (κ3) is 56.9. The average Bonchev–Trinajstić information content (AvgIpc) is 3.40. The van der Waals surface area contributed by atoms with Crippen LogP contribution in [-0.2, 0) is 28.6 Å². The number of unbranched alkanes of at least 4 members (excludes halogenated alkanes) is 54. The highest BCUT2D eigenvalue weighted by Crippen LogP contribution is 2.26. The van der Waals surface area contributed by atoms with Crippen molar-refractivity contribution in [3.8, 4) is 0 Å². The van der Waals surface area contributed by atoms with Gasteiger partial charge in [0.15, 0.2) is 0 Å². The van der Waals surface area contributed by atoms with E-state index in [1.54, 1.807) is 6.92 Å². The van der Waals surface area contributed by atoms with Crippen LogP contribution in [-0.4, -0.2) is 23.9 Å². The summed E-state index contributed by atoms with van der Waals surface area (Å²) >= 11 is 0. The van der Waals surface area contributed by atoms with Gasteiger partial charge in [0.25, 0.3) is 0 Å². The van der Waals surface area contributed by atoms with Crippen LogP contribution in [0.2, 0.25) is 0 Å². The topological polar surface area (TPSA) is 78.9 Å². The van der Waals surface area contributed by atoms with Gasteiger partial charge in [0.1, 0.15) is 0 Å². The third-order valence-corrected chi connectivity index (χ3v) is 16.2. The number of rotatable bonds is 64. The summed E-state index contributed by atoms with van der Waals surface area (Å²) in [5, 5.41) is 0. The number of ether oxygens (including phenoxy) is 3. The second-order valence-electron chi connectivity index (χ2n) is 23.8. The van der Waals surface area contributed by atoms with Gasteiger partial charge in [0.05, 0.1) is 6.42 Å². The molecule has 0 aromatic rings. The molecule has 0 amide bonds. The van der Waals surface area contributed by atoms with Crippen LogP contribution in [0, 0.1) is 0 Å². The Morgan fingerprint density at radius 2 is 0.320 bits per heavy atom. The molecule has 0 aliphatic carbocycles. The first-order valence-electron chi connectivity index (χ1n) is 34.6. The average molecular weight is 1060 g/mol. The van der Waals surface area contributed by atoms with Crippen molar-refractivity contribution >= 4 is 17.9 Å². The Bertz CT molecular complexity index is 1020. The molecule has 0 radical (unpaired) electrons. The van der Waals surface area contributed by atoms with Gasteiger partial charge >= 0.3 is 23.9 Å². The maximum Gasteiger partial charge on any atom is 0.423 e. The minimum atomic E-state index is -1.99. The molecule has 0 unspecified atom stereocenters. The summed E-state index contributed by atoms with van der Waals surface area (Å²) in [5.41, 5.74) is 0. The number of hydrogen-bond donors (Lipinski definition) is 0. The normalized spacial score (nSPS) is 11.7. The van der Waals surface area contributed by atoms with E-state index in [9.17, 15) is 14.4 Å². The van der Waals surface area contributed by atoms with Crippen molar-refractivity contribution in [3.63, 3.8) is 0 Å². The van der Waals surface area contributed by atoms with Crippen LogP contribution in [0.1, 0.15) is 419 Å². The first-order chi connectivity index (χ1) is 36.9. The van der Waals surface area contributed by atoms with Gasteiger partial charge in [-0.25, -0.2) is 0 Å². The fraction of sp³-hybridized carbons (Fsp3) is 0.957. The molecule has 0 atom stereocenters. The van der Waals surface area contributed by atoms with Crippen molar-refractivity contribution in [2.24, 2.45) is 0 Å². The highest BCUT2D eigenvalue weighted by Gasteiger charge is 2.41. The molecule has 0 rings (SSSR count). The van der Waals surface area contributed by atoms with Gasteiger partial charge in [-0.1, -0.05) is 374 Å². The molecule has 0 aliphatic rings. The van der Waals surface area contributed by atoms with Crippen molar-refractivity contribution in [2.75, 3.05) is 0 Å². The van der Waals surface area contributed by atoms with Gasteiger partial charge in [-0.15, -0.1) is 0 Å². The summed E-state index contributed by atoms with van der Waals surface area (Å²) in [6, 6.07) is 0. The molecule has 0 bridgehead atoms. The van der Waals surface area contributed by atoms with E-state index in [4.69, 9.17) is 14.2 Å². The molecule has 75 heavy (non-hydrogen) atoms. The van der Waals surface area contributed by atoms with E-state index in [1.165, 1.54) is 308 Å². The van der Waals surface area contributed by atoms with Crippen molar-refractivity contribution in [3.05, 3.63) is 0 Å². The Balaban J connectivity index is 4.50. The molecular weight excluding hydrogens is 925 g/mol. The van der Waals surface area contributed by atoms with Crippen LogP contribution >= 0.6 is 0 Å². The van der Waals surface area contributed by atoms with Gasteiger partial charge in [-0.2, -0.15) is 0 Å². The van der Waals surface area contributed by atoms with Crippen LogP contribution in [0.15, 0.2) is 0 Å². The lowest BCUT2D eigenvalue weighted by Crippen LogP contribution is -2.44. The summed E-state index contributed by atoms with van der Waals surface area (Å²) in [6.07, 6.45) is 74.8. The first kappa shape index (κ1) is 73.4. The number of hydrogen-bond acceptors (Lipinski definition) is 6. The minimum Gasteiger partial charge on any atom is -0.388 e. The molecule has 6 nitrogen and oxygen atoms in total. The first-order valence-corrected chi connectivity index (χ1v) is 34.6. The Morgan fingerprint density at radius 1 is 0.200 bits per heavy atom. The predicted octanol–water partition coefficient (Wildman–Crippen LogP) is 24.1. The lowest BCUT2D eigenvalue weighted by Gasteiger charge is -2.30. The Morgan fingerprint density at radius 3 is 0.440 bits per heavy atom. The predicted molar refractivity (Wildman–Crippen MR) is 325 cm³/mol. The molecule has 0 N–H and O–H groups in total. The fourth-order valence-corrected chi connectivity index (χ4v) is 11.0. The minimum absolute atomic E-state index is 0.0772. The molecule has 0 aliphatic heterocycles. The fourth-order valence-electron chi connectivity index (χ4n) is 11.0. The standard InChI is InChI=1S/C69H134O6/c1-5-9-12-15-18-21-24-27-30-33-36-39-42-45-48-51-54-57-60-63-66(70)73-69(8-4,74-67(71)64-61-58-55-52-49-46-43-40-37-34-31-28-25-22-19-16-13-10-6-2)75-68(72)65-62-59-56-53-50-47-44-41-38-35-32-29-26-23-20-17-14-11-7-3/h5-65H2,1-4H3. The van der Waals surface area contributed by atoms with Crippen molar-refractivity contribution in [1.82, 2.24) is 0 Å². The van der Waals surface area contributed by atoms with E-state index in [1.807, 2.05) is 0 Å². The monoisotopic (exact) mass is 1060 g/mol. The van der Waals surface area contributed by atoms with Crippen LogP contribution in [0.5, 0.6) is 0 Å². The maximum absolute atomic E-state index is 13.2. The second kappa shape index (κ2) is 61.6. The lowest BCUT2D eigenvalue weighted by atomic mass is 10.0. The van der Waals surface area contributed by atoms with Crippen molar-refractivity contribution in [1.29, 1.82) is 0 Å². The summed E-state index contributed by atoms with van der Waals surface area (Å²) in [7, 11) is 0. The van der Waals surface area contributed by atoms with Crippen LogP contribution in [0.4, 0.5) is 0 Å². The van der Waals surface area contributed by atoms with Crippen LogP contribution in [0.25, 0.3) is 0 Å². The molecular formula is C69H134O6. The smallest absolute Gasteiger partial charge is 0.388 e. The van der Waals surface area contributed by atoms with Crippen molar-refractivity contribution in [2.45, 2.75) is 425 Å².